The molecule has 0 spiro atoms. The van der Waals surface area contributed by atoms with Gasteiger partial charge in [-0.15, -0.1) is 0 Å². The maximum atomic E-state index is 12.6. The van der Waals surface area contributed by atoms with Gasteiger partial charge in [-0.05, 0) is 39.8 Å². The Bertz CT molecular complexity index is 543. The van der Waals surface area contributed by atoms with E-state index in [1.54, 1.807) is 39.8 Å². The molecule has 0 aliphatic heterocycles. The van der Waals surface area contributed by atoms with Gasteiger partial charge in [0.2, 0.25) is 0 Å². The molecule has 19 heavy (non-hydrogen) atoms. The van der Waals surface area contributed by atoms with Crippen molar-refractivity contribution < 1.29 is 18.0 Å². The molecule has 1 aromatic rings. The highest BCUT2D eigenvalue weighted by Gasteiger charge is 2.32. The summed E-state index contributed by atoms with van der Waals surface area (Å²) in [5.74, 6) is 1.21. The average Bonchev–Trinajstić information content (AvgIpc) is 2.77. The van der Waals surface area contributed by atoms with E-state index in [-0.39, 0.29) is 18.5 Å². The molecule has 0 amide bonds. The second-order valence-corrected chi connectivity index (χ2v) is 5.79. The third-order valence-electron chi connectivity index (χ3n) is 2.44. The van der Waals surface area contributed by atoms with Crippen molar-refractivity contribution in [2.45, 2.75) is 27.7 Å². The fraction of sp³-hybridized carbons (Fsp3) is 0.462. The summed E-state index contributed by atoms with van der Waals surface area (Å²) in [4.78, 5) is 0. The largest absolute Gasteiger partial charge is 0.462 e. The van der Waals surface area contributed by atoms with Crippen LogP contribution in [0.3, 0.4) is 0 Å². The van der Waals surface area contributed by atoms with Crippen molar-refractivity contribution in [3.05, 3.63) is 29.0 Å². The monoisotopic (exact) mass is 283 g/mol. The Hall–Kier alpha value is -1.34. The Morgan fingerprint density at radius 1 is 1.37 bits per heavy atom. The van der Waals surface area contributed by atoms with Crippen LogP contribution in [-0.4, -0.2) is 13.2 Å². The highest BCUT2D eigenvalue weighted by atomic mass is 31.2. The standard InChI is InChI=1S/C13H18NO4P/c1-5-16-19(15,17-6-2)13(9-14)11(4)12-8-7-10(3)18-12/h7-8H,5-6H2,1-4H3/b13-11-. The van der Waals surface area contributed by atoms with Crippen molar-refractivity contribution in [1.29, 1.82) is 5.26 Å². The molecule has 0 saturated carbocycles. The minimum atomic E-state index is -3.58. The second-order valence-electron chi connectivity index (χ2n) is 3.83. The third kappa shape index (κ3) is 3.57. The molecule has 0 N–H and O–H groups in total. The third-order valence-corrected chi connectivity index (χ3v) is 4.62. The van der Waals surface area contributed by atoms with E-state index in [2.05, 4.69) is 0 Å². The van der Waals surface area contributed by atoms with Gasteiger partial charge in [0.05, 0.1) is 13.2 Å². The van der Waals surface area contributed by atoms with Crippen LogP contribution in [0.1, 0.15) is 32.3 Å². The highest BCUT2D eigenvalue weighted by molar-refractivity contribution is 7.59. The first-order chi connectivity index (χ1) is 8.98. The predicted molar refractivity (Wildman–Crippen MR) is 72.5 cm³/mol. The molecule has 0 aliphatic carbocycles. The Labute approximate surface area is 113 Å². The van der Waals surface area contributed by atoms with E-state index >= 15 is 0 Å². The average molecular weight is 283 g/mol. The zero-order valence-electron chi connectivity index (χ0n) is 11.6. The lowest BCUT2D eigenvalue weighted by Gasteiger charge is -2.17. The number of furan rings is 1. The van der Waals surface area contributed by atoms with Crippen LogP contribution >= 0.6 is 7.60 Å². The number of nitrogens with zero attached hydrogens (tertiary/aromatic N) is 1. The van der Waals surface area contributed by atoms with E-state index in [1.807, 2.05) is 6.07 Å². The van der Waals surface area contributed by atoms with Gasteiger partial charge >= 0.3 is 7.60 Å². The minimum Gasteiger partial charge on any atom is -0.462 e. The summed E-state index contributed by atoms with van der Waals surface area (Å²) < 4.78 is 28.4. The van der Waals surface area contributed by atoms with Gasteiger partial charge in [-0.3, -0.25) is 4.57 Å². The number of allylic oxidation sites excluding steroid dienone is 2. The molecule has 0 unspecified atom stereocenters. The lowest BCUT2D eigenvalue weighted by Crippen LogP contribution is -1.99. The summed E-state index contributed by atoms with van der Waals surface area (Å²) >= 11 is 0. The van der Waals surface area contributed by atoms with Crippen molar-refractivity contribution in [3.8, 4) is 6.07 Å². The smallest absolute Gasteiger partial charge is 0.372 e. The molecule has 6 heteroatoms. The van der Waals surface area contributed by atoms with E-state index in [0.29, 0.717) is 17.1 Å². The first kappa shape index (κ1) is 15.7. The van der Waals surface area contributed by atoms with Crippen LogP contribution in [0.2, 0.25) is 0 Å². The van der Waals surface area contributed by atoms with Gasteiger partial charge in [-0.2, -0.15) is 5.26 Å². The summed E-state index contributed by atoms with van der Waals surface area (Å²) in [6.07, 6.45) is 0. The fourth-order valence-electron chi connectivity index (χ4n) is 1.61. The SMILES string of the molecule is CCOP(=O)(OCC)/C(C#N)=C(/C)c1ccc(C)o1. The lowest BCUT2D eigenvalue weighted by molar-refractivity contribution is 0.227. The summed E-state index contributed by atoms with van der Waals surface area (Å²) in [6, 6.07) is 5.43. The Balaban J connectivity index is 3.31. The molecule has 0 bridgehead atoms. The van der Waals surface area contributed by atoms with Crippen LogP contribution in [0.15, 0.2) is 21.9 Å². The summed E-state index contributed by atoms with van der Waals surface area (Å²) in [5.41, 5.74) is 0.473. The van der Waals surface area contributed by atoms with Crippen LogP contribution in [0, 0.1) is 18.3 Å². The second kappa shape index (κ2) is 6.72. The molecule has 0 aliphatic rings. The molecule has 1 rings (SSSR count). The van der Waals surface area contributed by atoms with Crippen molar-refractivity contribution in [2.75, 3.05) is 13.2 Å². The van der Waals surface area contributed by atoms with Crippen LogP contribution < -0.4 is 0 Å². The molecule has 104 valence electrons. The first-order valence-electron chi connectivity index (χ1n) is 6.06. The molecular weight excluding hydrogens is 265 g/mol. The quantitative estimate of drug-likeness (QED) is 0.580. The van der Waals surface area contributed by atoms with Gasteiger partial charge in [0.15, 0.2) is 0 Å². The van der Waals surface area contributed by atoms with E-state index in [4.69, 9.17) is 13.5 Å². The van der Waals surface area contributed by atoms with Gasteiger partial charge in [-0.25, -0.2) is 0 Å². The van der Waals surface area contributed by atoms with E-state index in [0.717, 1.165) is 0 Å². The van der Waals surface area contributed by atoms with Gasteiger partial charge in [-0.1, -0.05) is 0 Å². The number of hydrogen-bond acceptors (Lipinski definition) is 5. The molecule has 0 radical (unpaired) electrons. The summed E-state index contributed by atoms with van der Waals surface area (Å²) in [5, 5.41) is 9.26. The number of nitriles is 1. The van der Waals surface area contributed by atoms with Crippen molar-refractivity contribution in [2.24, 2.45) is 0 Å². The van der Waals surface area contributed by atoms with Crippen LogP contribution in [0.25, 0.3) is 5.57 Å². The van der Waals surface area contributed by atoms with Crippen LogP contribution in [-0.2, 0) is 13.6 Å². The minimum absolute atomic E-state index is 0.00875. The molecular formula is C13H18NO4P. The molecule has 0 aromatic carbocycles. The fourth-order valence-corrected chi connectivity index (χ4v) is 3.27. The number of rotatable bonds is 6. The van der Waals surface area contributed by atoms with Gasteiger partial charge in [0.1, 0.15) is 22.9 Å². The van der Waals surface area contributed by atoms with E-state index < -0.39 is 7.60 Å². The number of hydrogen-bond donors (Lipinski definition) is 0. The molecule has 0 atom stereocenters. The summed E-state index contributed by atoms with van der Waals surface area (Å²) in [6.45, 7) is 7.27. The predicted octanol–water partition coefficient (Wildman–Crippen LogP) is 4.11. The topological polar surface area (TPSA) is 72.5 Å². The van der Waals surface area contributed by atoms with E-state index in [9.17, 15) is 9.83 Å². The number of aryl methyl sites for hydroxylation is 1. The van der Waals surface area contributed by atoms with Gasteiger partial charge in [0.25, 0.3) is 0 Å². The Morgan fingerprint density at radius 3 is 2.32 bits per heavy atom. The zero-order chi connectivity index (χ0) is 14.5. The van der Waals surface area contributed by atoms with Crippen molar-refractivity contribution in [3.63, 3.8) is 0 Å². The maximum absolute atomic E-state index is 12.6. The lowest BCUT2D eigenvalue weighted by atomic mass is 10.2. The van der Waals surface area contributed by atoms with E-state index in [1.165, 1.54) is 0 Å². The molecule has 5 nitrogen and oxygen atoms in total. The van der Waals surface area contributed by atoms with Crippen molar-refractivity contribution >= 4 is 13.2 Å². The zero-order valence-corrected chi connectivity index (χ0v) is 12.5. The Morgan fingerprint density at radius 2 is 1.95 bits per heavy atom. The molecule has 0 fully saturated rings. The van der Waals surface area contributed by atoms with Crippen LogP contribution in [0.5, 0.6) is 0 Å². The summed E-state index contributed by atoms with van der Waals surface area (Å²) in [7, 11) is -3.58. The Kier molecular flexibility index (Phi) is 5.56. The van der Waals surface area contributed by atoms with Crippen LogP contribution in [0.4, 0.5) is 0 Å². The first-order valence-corrected chi connectivity index (χ1v) is 7.60. The van der Waals surface area contributed by atoms with Gasteiger partial charge in [0, 0.05) is 5.57 Å². The molecule has 1 heterocycles. The maximum Gasteiger partial charge on any atom is 0.372 e. The van der Waals surface area contributed by atoms with Crippen molar-refractivity contribution in [1.82, 2.24) is 0 Å². The highest BCUT2D eigenvalue weighted by Crippen LogP contribution is 2.57. The molecule has 0 saturated heterocycles. The van der Waals surface area contributed by atoms with Gasteiger partial charge < -0.3 is 13.5 Å². The normalized spacial score (nSPS) is 13.0. The molecule has 1 aromatic heterocycles.